The van der Waals surface area contributed by atoms with Crippen LogP contribution in [-0.2, 0) is 9.47 Å². The number of ether oxygens (including phenoxy) is 2. The van der Waals surface area contributed by atoms with E-state index in [0.29, 0.717) is 5.92 Å². The maximum absolute atomic E-state index is 10.5. The van der Waals surface area contributed by atoms with Crippen molar-refractivity contribution in [1.82, 2.24) is 0 Å². The first-order chi connectivity index (χ1) is 11.3. The zero-order chi connectivity index (χ0) is 16.1. The molecule has 3 rings (SSSR count). The summed E-state index contributed by atoms with van der Waals surface area (Å²) in [7, 11) is 0. The minimum atomic E-state index is -0.694. The fourth-order valence-corrected chi connectivity index (χ4v) is 3.52. The molecule has 0 radical (unpaired) electrons. The third-order valence-corrected chi connectivity index (χ3v) is 5.10. The van der Waals surface area contributed by atoms with Gasteiger partial charge in [-0.3, -0.25) is 0 Å². The highest BCUT2D eigenvalue weighted by Gasteiger charge is 2.37. The number of aliphatic hydroxyl groups excluding tert-OH is 1. The van der Waals surface area contributed by atoms with Gasteiger partial charge >= 0.3 is 0 Å². The molecular formula is C18H25NO4. The first-order valence-corrected chi connectivity index (χ1v) is 8.49. The van der Waals surface area contributed by atoms with Gasteiger partial charge in [0.1, 0.15) is 0 Å². The molecule has 0 aromatic heterocycles. The summed E-state index contributed by atoms with van der Waals surface area (Å²) in [6.07, 6.45) is 6.16. The van der Waals surface area contributed by atoms with Crippen molar-refractivity contribution in [1.29, 1.82) is 0 Å². The Kier molecular flexibility index (Phi) is 5.41. The number of benzene rings is 1. The van der Waals surface area contributed by atoms with Crippen LogP contribution in [0.15, 0.2) is 29.4 Å². The molecule has 126 valence electrons. The van der Waals surface area contributed by atoms with Crippen molar-refractivity contribution in [3.63, 3.8) is 0 Å². The Morgan fingerprint density at radius 2 is 1.65 bits per heavy atom. The second kappa shape index (κ2) is 7.51. The van der Waals surface area contributed by atoms with Gasteiger partial charge in [-0.1, -0.05) is 48.7 Å². The smallest absolute Gasteiger partial charge is 0.183 e. The Morgan fingerprint density at radius 3 is 2.22 bits per heavy atom. The van der Waals surface area contributed by atoms with Crippen LogP contribution in [0.25, 0.3) is 0 Å². The van der Waals surface area contributed by atoms with Crippen LogP contribution in [0.2, 0.25) is 0 Å². The highest BCUT2D eigenvalue weighted by molar-refractivity contribution is 5.26. The summed E-state index contributed by atoms with van der Waals surface area (Å²) in [6, 6.07) is 8.49. The Labute approximate surface area is 137 Å². The van der Waals surface area contributed by atoms with E-state index in [2.05, 4.69) is 29.4 Å². The van der Waals surface area contributed by atoms with Gasteiger partial charge in [-0.05, 0) is 24.3 Å². The zero-order valence-corrected chi connectivity index (χ0v) is 13.4. The maximum Gasteiger partial charge on any atom is 0.183 e. The van der Waals surface area contributed by atoms with Crippen molar-refractivity contribution in [3.05, 3.63) is 40.3 Å². The van der Waals surface area contributed by atoms with E-state index < -0.39 is 11.7 Å². The lowest BCUT2D eigenvalue weighted by Gasteiger charge is -2.37. The molecule has 1 aromatic rings. The summed E-state index contributed by atoms with van der Waals surface area (Å²) in [5, 5.41) is 12.3. The molecule has 0 spiro atoms. The van der Waals surface area contributed by atoms with Crippen LogP contribution in [0.4, 0.5) is 0 Å². The van der Waals surface area contributed by atoms with Crippen molar-refractivity contribution in [2.75, 3.05) is 26.4 Å². The monoisotopic (exact) mass is 319 g/mol. The van der Waals surface area contributed by atoms with Gasteiger partial charge in [0, 0.05) is 5.56 Å². The lowest BCUT2D eigenvalue weighted by atomic mass is 9.84. The Balaban J connectivity index is 1.61. The molecule has 0 amide bonds. The first kappa shape index (κ1) is 16.6. The number of aliphatic hydroxyl groups is 1. The molecule has 1 aromatic carbocycles. The molecule has 1 N–H and O–H groups in total. The zero-order valence-electron chi connectivity index (χ0n) is 13.4. The summed E-state index contributed by atoms with van der Waals surface area (Å²) in [6.45, 7) is 0.414. The Morgan fingerprint density at radius 1 is 1.04 bits per heavy atom. The van der Waals surface area contributed by atoms with Gasteiger partial charge < -0.3 is 14.6 Å². The van der Waals surface area contributed by atoms with Crippen molar-refractivity contribution < 1.29 is 14.6 Å². The van der Waals surface area contributed by atoms with E-state index in [4.69, 9.17) is 9.47 Å². The predicted molar refractivity (Wildman–Crippen MR) is 87.1 cm³/mol. The minimum absolute atomic E-state index is 0.0108. The van der Waals surface area contributed by atoms with Gasteiger partial charge in [0.15, 0.2) is 6.29 Å². The van der Waals surface area contributed by atoms with Crippen LogP contribution in [-0.4, -0.2) is 31.5 Å². The van der Waals surface area contributed by atoms with E-state index in [1.54, 1.807) is 0 Å². The molecule has 5 nitrogen and oxygen atoms in total. The standard InChI is InChI=1S/C18H25NO4/c20-11-18(10-19-21)12-22-17(23-13-18)16-8-6-15(7-9-16)14-4-2-1-3-5-14/h6-9,14,17,20H,1-5,10-13H2. The largest absolute Gasteiger partial charge is 0.396 e. The topological polar surface area (TPSA) is 68.1 Å². The Bertz CT molecular complexity index is 502. The molecule has 5 heteroatoms. The van der Waals surface area contributed by atoms with Crippen molar-refractivity contribution in [2.24, 2.45) is 10.6 Å². The fourth-order valence-electron chi connectivity index (χ4n) is 3.52. The van der Waals surface area contributed by atoms with E-state index >= 15 is 0 Å². The third-order valence-electron chi connectivity index (χ3n) is 5.10. The van der Waals surface area contributed by atoms with Gasteiger partial charge in [0.25, 0.3) is 0 Å². The van der Waals surface area contributed by atoms with Gasteiger partial charge in [0.05, 0.1) is 31.8 Å². The van der Waals surface area contributed by atoms with Gasteiger partial charge in [-0.15, -0.1) is 0 Å². The van der Waals surface area contributed by atoms with Gasteiger partial charge in [-0.2, -0.15) is 4.91 Å². The average Bonchev–Trinajstić information content (AvgIpc) is 2.63. The maximum atomic E-state index is 10.5. The average molecular weight is 319 g/mol. The molecular weight excluding hydrogens is 294 g/mol. The second-order valence-corrected chi connectivity index (χ2v) is 6.90. The molecule has 1 aliphatic heterocycles. The predicted octanol–water partition coefficient (Wildman–Crippen LogP) is 3.52. The van der Waals surface area contributed by atoms with Crippen LogP contribution in [0.1, 0.15) is 55.4 Å². The van der Waals surface area contributed by atoms with Crippen molar-refractivity contribution in [3.8, 4) is 0 Å². The van der Waals surface area contributed by atoms with Gasteiger partial charge in [0.2, 0.25) is 0 Å². The molecule has 1 heterocycles. The van der Waals surface area contributed by atoms with Crippen LogP contribution < -0.4 is 0 Å². The van der Waals surface area contributed by atoms with E-state index in [-0.39, 0.29) is 26.4 Å². The van der Waals surface area contributed by atoms with Crippen molar-refractivity contribution in [2.45, 2.75) is 44.3 Å². The number of nitroso groups, excluding NO2 is 1. The summed E-state index contributed by atoms with van der Waals surface area (Å²) in [4.78, 5) is 10.5. The van der Waals surface area contributed by atoms with E-state index in [0.717, 1.165) is 5.56 Å². The van der Waals surface area contributed by atoms with Crippen LogP contribution >= 0.6 is 0 Å². The SMILES string of the molecule is O=NCC1(CO)COC(c2ccc(C3CCCCC3)cc2)OC1. The Hall–Kier alpha value is -1.30. The number of rotatable bonds is 5. The molecule has 0 atom stereocenters. The number of hydrogen-bond donors (Lipinski definition) is 1. The molecule has 1 aliphatic carbocycles. The van der Waals surface area contributed by atoms with Crippen molar-refractivity contribution >= 4 is 0 Å². The summed E-state index contributed by atoms with van der Waals surface area (Å²) >= 11 is 0. The molecule has 2 aliphatic rings. The highest BCUT2D eigenvalue weighted by Crippen LogP contribution is 2.35. The van der Waals surface area contributed by atoms with E-state index in [1.165, 1.54) is 37.7 Å². The van der Waals surface area contributed by atoms with E-state index in [9.17, 15) is 10.0 Å². The number of nitrogens with zero attached hydrogens (tertiary/aromatic N) is 1. The summed E-state index contributed by atoms with van der Waals surface area (Å²) in [5.41, 5.74) is 1.69. The summed E-state index contributed by atoms with van der Waals surface area (Å²) < 4.78 is 11.5. The summed E-state index contributed by atoms with van der Waals surface area (Å²) in [5.74, 6) is 0.687. The lowest BCUT2D eigenvalue weighted by Crippen LogP contribution is -2.43. The second-order valence-electron chi connectivity index (χ2n) is 6.90. The van der Waals surface area contributed by atoms with E-state index in [1.807, 2.05) is 0 Å². The molecule has 1 saturated heterocycles. The fraction of sp³-hybridized carbons (Fsp3) is 0.667. The minimum Gasteiger partial charge on any atom is -0.396 e. The van der Waals surface area contributed by atoms with Crippen LogP contribution in [0.3, 0.4) is 0 Å². The lowest BCUT2D eigenvalue weighted by molar-refractivity contribution is -0.238. The number of hydrogen-bond acceptors (Lipinski definition) is 5. The molecule has 1 saturated carbocycles. The third kappa shape index (κ3) is 3.79. The van der Waals surface area contributed by atoms with Crippen LogP contribution in [0, 0.1) is 10.3 Å². The normalized spacial score (nSPS) is 29.3. The van der Waals surface area contributed by atoms with Crippen LogP contribution in [0.5, 0.6) is 0 Å². The molecule has 0 unspecified atom stereocenters. The highest BCUT2D eigenvalue weighted by atomic mass is 16.7. The quantitative estimate of drug-likeness (QED) is 0.843. The first-order valence-electron chi connectivity index (χ1n) is 8.49. The molecule has 2 fully saturated rings. The van der Waals surface area contributed by atoms with Gasteiger partial charge in [-0.25, -0.2) is 0 Å². The molecule has 0 bridgehead atoms. The molecule has 23 heavy (non-hydrogen) atoms.